The first-order valence-corrected chi connectivity index (χ1v) is 7.70. The number of halogens is 1. The molecule has 0 radical (unpaired) electrons. The minimum absolute atomic E-state index is 0.0503. The van der Waals surface area contributed by atoms with Crippen LogP contribution < -0.4 is 0 Å². The molecular formula is C18H16FN5. The molecule has 6 heteroatoms. The summed E-state index contributed by atoms with van der Waals surface area (Å²) in [6.07, 6.45) is 7.44. The quantitative estimate of drug-likeness (QED) is 0.579. The fourth-order valence-electron chi connectivity index (χ4n) is 2.88. The van der Waals surface area contributed by atoms with Crippen molar-refractivity contribution in [2.75, 3.05) is 0 Å². The Morgan fingerprint density at radius 3 is 2.83 bits per heavy atom. The van der Waals surface area contributed by atoms with E-state index < -0.39 is 0 Å². The number of fused-ring (bicyclic) bond motifs is 1. The van der Waals surface area contributed by atoms with E-state index in [1.165, 1.54) is 6.07 Å². The molecule has 0 spiro atoms. The normalized spacial score (nSPS) is 12.6. The Morgan fingerprint density at radius 1 is 1.17 bits per heavy atom. The Morgan fingerprint density at radius 2 is 2.04 bits per heavy atom. The van der Waals surface area contributed by atoms with Crippen LogP contribution in [0.25, 0.3) is 22.4 Å². The Labute approximate surface area is 138 Å². The van der Waals surface area contributed by atoms with Gasteiger partial charge in [-0.2, -0.15) is 5.10 Å². The van der Waals surface area contributed by atoms with Crippen LogP contribution >= 0.6 is 0 Å². The number of hydrogen-bond acceptors (Lipinski definition) is 3. The lowest BCUT2D eigenvalue weighted by atomic mass is 10.1. The molecule has 1 aromatic carbocycles. The van der Waals surface area contributed by atoms with Crippen molar-refractivity contribution in [2.45, 2.75) is 13.0 Å². The Kier molecular flexibility index (Phi) is 3.37. The maximum absolute atomic E-state index is 14.0. The molecule has 1 atom stereocenters. The largest absolute Gasteiger partial charge is 0.322 e. The van der Waals surface area contributed by atoms with Crippen molar-refractivity contribution in [3.63, 3.8) is 0 Å². The molecule has 0 N–H and O–H groups in total. The summed E-state index contributed by atoms with van der Waals surface area (Å²) < 4.78 is 17.8. The molecule has 0 saturated carbocycles. The summed E-state index contributed by atoms with van der Waals surface area (Å²) in [6, 6.07) is 8.74. The minimum atomic E-state index is -0.326. The molecule has 4 aromatic rings. The summed E-state index contributed by atoms with van der Waals surface area (Å²) in [6.45, 7) is 2.07. The summed E-state index contributed by atoms with van der Waals surface area (Å²) in [5, 5.41) is 5.00. The number of aryl methyl sites for hydroxylation is 1. The third-order valence-electron chi connectivity index (χ3n) is 4.19. The van der Waals surface area contributed by atoms with Crippen LogP contribution in [0.5, 0.6) is 0 Å². The average molecular weight is 321 g/mol. The van der Waals surface area contributed by atoms with Gasteiger partial charge in [-0.15, -0.1) is 0 Å². The fourth-order valence-corrected chi connectivity index (χ4v) is 2.88. The first kappa shape index (κ1) is 14.6. The molecule has 0 fully saturated rings. The van der Waals surface area contributed by atoms with E-state index in [1.807, 2.05) is 48.4 Å². The number of rotatable bonds is 3. The zero-order valence-electron chi connectivity index (χ0n) is 13.4. The van der Waals surface area contributed by atoms with Crippen molar-refractivity contribution in [1.29, 1.82) is 0 Å². The van der Waals surface area contributed by atoms with Crippen LogP contribution in [0.4, 0.5) is 4.39 Å². The summed E-state index contributed by atoms with van der Waals surface area (Å²) in [5.41, 5.74) is 2.08. The van der Waals surface area contributed by atoms with Crippen LogP contribution in [0.1, 0.15) is 18.5 Å². The van der Waals surface area contributed by atoms with Gasteiger partial charge in [-0.1, -0.05) is 18.2 Å². The van der Waals surface area contributed by atoms with Gasteiger partial charge in [-0.05, 0) is 19.1 Å². The second-order valence-corrected chi connectivity index (χ2v) is 5.79. The summed E-state index contributed by atoms with van der Waals surface area (Å²) in [5.74, 6) is 0.379. The topological polar surface area (TPSA) is 48.5 Å². The van der Waals surface area contributed by atoms with Crippen molar-refractivity contribution in [3.05, 3.63) is 66.5 Å². The van der Waals surface area contributed by atoms with Gasteiger partial charge < -0.3 is 4.57 Å². The van der Waals surface area contributed by atoms with E-state index in [9.17, 15) is 4.39 Å². The SMILES string of the molecule is CC(c1cnn(C)c1)n1ccnc1-c1ccc2cccc(F)c2n1. The van der Waals surface area contributed by atoms with Crippen LogP contribution in [-0.2, 0) is 7.05 Å². The fraction of sp³-hybridized carbons (Fsp3) is 0.167. The molecule has 0 aliphatic heterocycles. The van der Waals surface area contributed by atoms with Gasteiger partial charge in [0.1, 0.15) is 17.0 Å². The lowest BCUT2D eigenvalue weighted by molar-refractivity contribution is 0.635. The highest BCUT2D eigenvalue weighted by molar-refractivity contribution is 5.81. The van der Waals surface area contributed by atoms with Crippen molar-refractivity contribution in [3.8, 4) is 11.5 Å². The molecular weight excluding hydrogens is 305 g/mol. The van der Waals surface area contributed by atoms with Crippen LogP contribution in [0.15, 0.2) is 55.1 Å². The molecule has 0 aliphatic rings. The van der Waals surface area contributed by atoms with Crippen molar-refractivity contribution >= 4 is 10.9 Å². The van der Waals surface area contributed by atoms with Crippen LogP contribution in [-0.4, -0.2) is 24.3 Å². The van der Waals surface area contributed by atoms with E-state index >= 15 is 0 Å². The molecule has 3 heterocycles. The Hall–Kier alpha value is -3.02. The summed E-state index contributed by atoms with van der Waals surface area (Å²) in [7, 11) is 1.89. The Balaban J connectivity index is 1.81. The molecule has 3 aromatic heterocycles. The van der Waals surface area contributed by atoms with Gasteiger partial charge in [0.15, 0.2) is 5.82 Å². The zero-order valence-corrected chi connectivity index (χ0v) is 13.4. The molecule has 24 heavy (non-hydrogen) atoms. The highest BCUT2D eigenvalue weighted by Gasteiger charge is 2.16. The van der Waals surface area contributed by atoms with E-state index in [4.69, 9.17) is 0 Å². The molecule has 5 nitrogen and oxygen atoms in total. The highest BCUT2D eigenvalue weighted by atomic mass is 19.1. The number of pyridine rings is 1. The lowest BCUT2D eigenvalue weighted by Crippen LogP contribution is -2.07. The second kappa shape index (κ2) is 5.56. The van der Waals surface area contributed by atoms with E-state index in [1.54, 1.807) is 16.9 Å². The molecule has 0 amide bonds. The maximum Gasteiger partial charge on any atom is 0.159 e. The molecule has 120 valence electrons. The standard InChI is InChI=1S/C18H16FN5/c1-12(14-10-21-23(2)11-14)24-9-8-20-18(24)16-7-6-13-4-3-5-15(19)17(13)22-16/h3-12H,1-2H3. The number of nitrogens with zero attached hydrogens (tertiary/aromatic N) is 5. The van der Waals surface area contributed by atoms with Crippen molar-refractivity contribution in [2.24, 2.45) is 7.05 Å². The van der Waals surface area contributed by atoms with Crippen LogP contribution in [0.3, 0.4) is 0 Å². The summed E-state index contributed by atoms with van der Waals surface area (Å²) >= 11 is 0. The third kappa shape index (κ3) is 2.36. The van der Waals surface area contributed by atoms with Crippen LogP contribution in [0, 0.1) is 5.82 Å². The van der Waals surface area contributed by atoms with Crippen LogP contribution in [0.2, 0.25) is 0 Å². The van der Waals surface area contributed by atoms with E-state index in [0.29, 0.717) is 17.0 Å². The maximum atomic E-state index is 14.0. The number of aromatic nitrogens is 5. The van der Waals surface area contributed by atoms with E-state index in [-0.39, 0.29) is 11.9 Å². The second-order valence-electron chi connectivity index (χ2n) is 5.79. The smallest absolute Gasteiger partial charge is 0.159 e. The highest BCUT2D eigenvalue weighted by Crippen LogP contribution is 2.26. The number of benzene rings is 1. The summed E-state index contributed by atoms with van der Waals surface area (Å²) in [4.78, 5) is 8.91. The van der Waals surface area contributed by atoms with Gasteiger partial charge in [-0.25, -0.2) is 14.4 Å². The minimum Gasteiger partial charge on any atom is -0.322 e. The molecule has 0 saturated heterocycles. The van der Waals surface area contributed by atoms with E-state index in [2.05, 4.69) is 22.0 Å². The number of hydrogen-bond donors (Lipinski definition) is 0. The lowest BCUT2D eigenvalue weighted by Gasteiger charge is -2.15. The van der Waals surface area contributed by atoms with Crippen molar-refractivity contribution < 1.29 is 4.39 Å². The monoisotopic (exact) mass is 321 g/mol. The molecule has 0 bridgehead atoms. The first-order chi connectivity index (χ1) is 11.6. The third-order valence-corrected chi connectivity index (χ3v) is 4.19. The van der Waals surface area contributed by atoms with Gasteiger partial charge >= 0.3 is 0 Å². The first-order valence-electron chi connectivity index (χ1n) is 7.70. The van der Waals surface area contributed by atoms with Gasteiger partial charge in [0.05, 0.1) is 12.2 Å². The Bertz CT molecular complexity index is 1020. The van der Waals surface area contributed by atoms with Gasteiger partial charge in [0.2, 0.25) is 0 Å². The molecule has 1 unspecified atom stereocenters. The van der Waals surface area contributed by atoms with E-state index in [0.717, 1.165) is 10.9 Å². The predicted octanol–water partition coefficient (Wildman–Crippen LogP) is 3.58. The molecule has 4 rings (SSSR count). The number of imidazole rings is 1. The molecule has 0 aliphatic carbocycles. The van der Waals surface area contributed by atoms with Crippen molar-refractivity contribution in [1.82, 2.24) is 24.3 Å². The van der Waals surface area contributed by atoms with Gasteiger partial charge in [-0.3, -0.25) is 4.68 Å². The zero-order chi connectivity index (χ0) is 16.7. The predicted molar refractivity (Wildman–Crippen MR) is 89.9 cm³/mol. The van der Waals surface area contributed by atoms with Gasteiger partial charge in [0, 0.05) is 36.6 Å². The average Bonchev–Trinajstić information content (AvgIpc) is 3.23. The number of para-hydroxylation sites is 1. The van der Waals surface area contributed by atoms with Gasteiger partial charge in [0.25, 0.3) is 0 Å².